The van der Waals surface area contributed by atoms with Crippen molar-refractivity contribution in [3.63, 3.8) is 0 Å². The van der Waals surface area contributed by atoms with Gasteiger partial charge in [-0.25, -0.2) is 4.98 Å². The summed E-state index contributed by atoms with van der Waals surface area (Å²) in [6, 6.07) is 0. The Labute approximate surface area is 67.1 Å². The summed E-state index contributed by atoms with van der Waals surface area (Å²) in [5, 5.41) is 3.28. The lowest BCUT2D eigenvalue weighted by Gasteiger charge is -1.84. The Balaban J connectivity index is 0.000000371. The van der Waals surface area contributed by atoms with Gasteiger partial charge in [-0.2, -0.15) is 0 Å². The van der Waals surface area contributed by atoms with Crippen molar-refractivity contribution in [2.45, 2.75) is 33.6 Å². The molecule has 1 aromatic heterocycles. The van der Waals surface area contributed by atoms with Crippen molar-refractivity contribution >= 4 is 11.3 Å². The fourth-order valence-corrected chi connectivity index (χ4v) is 1.31. The van der Waals surface area contributed by atoms with Crippen molar-refractivity contribution in [2.75, 3.05) is 0 Å². The Bertz CT molecular complexity index is 135. The van der Waals surface area contributed by atoms with Crippen LogP contribution in [0.3, 0.4) is 0 Å². The quantitative estimate of drug-likeness (QED) is 0.642. The second-order valence-electron chi connectivity index (χ2n) is 1.68. The van der Waals surface area contributed by atoms with Crippen molar-refractivity contribution in [1.29, 1.82) is 0 Å². The Hall–Kier alpha value is -0.370. The molecule has 0 radical (unpaired) electrons. The third-order valence-electron chi connectivity index (χ3n) is 0.947. The van der Waals surface area contributed by atoms with E-state index in [4.69, 9.17) is 0 Å². The molecule has 10 heavy (non-hydrogen) atoms. The van der Waals surface area contributed by atoms with Gasteiger partial charge in [-0.05, 0) is 12.8 Å². The van der Waals surface area contributed by atoms with E-state index in [-0.39, 0.29) is 0 Å². The Morgan fingerprint density at radius 1 is 1.50 bits per heavy atom. The first-order valence-corrected chi connectivity index (χ1v) is 4.70. The summed E-state index contributed by atoms with van der Waals surface area (Å²) in [5.74, 6) is 0. The molecule has 0 aliphatic rings. The maximum absolute atomic E-state index is 4.12. The molecule has 1 nitrogen and oxygen atoms in total. The number of rotatable bonds is 2. The minimum Gasteiger partial charge on any atom is -0.250 e. The predicted molar refractivity (Wildman–Crippen MR) is 47.5 cm³/mol. The van der Waals surface area contributed by atoms with Crippen LogP contribution in [0.2, 0.25) is 0 Å². The van der Waals surface area contributed by atoms with Crippen molar-refractivity contribution in [3.05, 3.63) is 16.6 Å². The highest BCUT2D eigenvalue weighted by molar-refractivity contribution is 7.09. The molecule has 0 aliphatic heterocycles. The van der Waals surface area contributed by atoms with Gasteiger partial charge in [-0.15, -0.1) is 11.3 Å². The van der Waals surface area contributed by atoms with Crippen LogP contribution < -0.4 is 0 Å². The zero-order valence-corrected chi connectivity index (χ0v) is 7.74. The molecule has 1 aromatic rings. The number of thiazole rings is 1. The van der Waals surface area contributed by atoms with Crippen LogP contribution in [-0.2, 0) is 6.42 Å². The average Bonchev–Trinajstić information content (AvgIpc) is 2.46. The number of nitrogens with zero attached hydrogens (tertiary/aromatic N) is 1. The third-order valence-corrected chi connectivity index (χ3v) is 1.79. The summed E-state index contributed by atoms with van der Waals surface area (Å²) in [6.07, 6.45) is 4.20. The fourth-order valence-electron chi connectivity index (χ4n) is 0.590. The van der Waals surface area contributed by atoms with Crippen molar-refractivity contribution in [3.8, 4) is 0 Å². The van der Waals surface area contributed by atoms with Gasteiger partial charge in [0.2, 0.25) is 0 Å². The SMILES string of the molecule is CC.CCCc1nccs1. The van der Waals surface area contributed by atoms with E-state index in [2.05, 4.69) is 11.9 Å². The van der Waals surface area contributed by atoms with Crippen LogP contribution in [0.4, 0.5) is 0 Å². The van der Waals surface area contributed by atoms with E-state index in [1.54, 1.807) is 11.3 Å². The molecule has 0 saturated heterocycles. The van der Waals surface area contributed by atoms with Crippen LogP contribution in [-0.4, -0.2) is 4.98 Å². The molecule has 0 N–H and O–H groups in total. The van der Waals surface area contributed by atoms with Crippen LogP contribution in [0.25, 0.3) is 0 Å². The first-order chi connectivity index (χ1) is 4.93. The standard InChI is InChI=1S/C6H9NS.C2H6/c1-2-3-6-7-4-5-8-6;1-2/h4-5H,2-3H2,1H3;1-2H3. The van der Waals surface area contributed by atoms with Crippen molar-refractivity contribution in [2.24, 2.45) is 0 Å². The number of aromatic nitrogens is 1. The molecule has 0 bridgehead atoms. The van der Waals surface area contributed by atoms with E-state index < -0.39 is 0 Å². The third kappa shape index (κ3) is 3.62. The van der Waals surface area contributed by atoms with Gasteiger partial charge in [0.15, 0.2) is 0 Å². The molecule has 0 atom stereocenters. The highest BCUT2D eigenvalue weighted by Crippen LogP contribution is 2.05. The molecule has 1 heterocycles. The molecule has 2 heteroatoms. The van der Waals surface area contributed by atoms with E-state index >= 15 is 0 Å². The lowest BCUT2D eigenvalue weighted by molar-refractivity contribution is 0.909. The van der Waals surface area contributed by atoms with Crippen LogP contribution >= 0.6 is 11.3 Å². The van der Waals surface area contributed by atoms with Crippen molar-refractivity contribution < 1.29 is 0 Å². The highest BCUT2D eigenvalue weighted by atomic mass is 32.1. The smallest absolute Gasteiger partial charge is 0.0924 e. The molecule has 0 unspecified atom stereocenters. The van der Waals surface area contributed by atoms with Gasteiger partial charge in [0.1, 0.15) is 0 Å². The summed E-state index contributed by atoms with van der Waals surface area (Å²) in [7, 11) is 0. The first kappa shape index (κ1) is 9.63. The lowest BCUT2D eigenvalue weighted by Crippen LogP contribution is -1.76. The largest absolute Gasteiger partial charge is 0.250 e. The molecule has 0 fully saturated rings. The molecular weight excluding hydrogens is 142 g/mol. The summed E-state index contributed by atoms with van der Waals surface area (Å²) in [5.41, 5.74) is 0. The Kier molecular flexibility index (Phi) is 6.50. The van der Waals surface area contributed by atoms with Gasteiger partial charge < -0.3 is 0 Å². The van der Waals surface area contributed by atoms with E-state index in [1.165, 1.54) is 11.4 Å². The van der Waals surface area contributed by atoms with Crippen molar-refractivity contribution in [1.82, 2.24) is 4.98 Å². The maximum atomic E-state index is 4.12. The van der Waals surface area contributed by atoms with Gasteiger partial charge in [-0.1, -0.05) is 20.8 Å². The Morgan fingerprint density at radius 2 is 2.20 bits per heavy atom. The molecule has 0 amide bonds. The predicted octanol–water partition coefficient (Wildman–Crippen LogP) is 3.12. The summed E-state index contributed by atoms with van der Waals surface area (Å²) in [4.78, 5) is 4.12. The molecule has 0 spiro atoms. The molecule has 1 rings (SSSR count). The molecule has 0 aliphatic carbocycles. The fraction of sp³-hybridized carbons (Fsp3) is 0.625. The van der Waals surface area contributed by atoms with Gasteiger partial charge >= 0.3 is 0 Å². The van der Waals surface area contributed by atoms with Gasteiger partial charge in [0.05, 0.1) is 5.01 Å². The molecule has 0 saturated carbocycles. The van der Waals surface area contributed by atoms with Gasteiger partial charge in [0.25, 0.3) is 0 Å². The second kappa shape index (κ2) is 6.75. The summed E-state index contributed by atoms with van der Waals surface area (Å²) in [6.45, 7) is 6.17. The van der Waals surface area contributed by atoms with Crippen LogP contribution in [0.15, 0.2) is 11.6 Å². The minimum absolute atomic E-state index is 1.14. The maximum Gasteiger partial charge on any atom is 0.0924 e. The Morgan fingerprint density at radius 3 is 2.60 bits per heavy atom. The van der Waals surface area contributed by atoms with E-state index in [0.717, 1.165) is 6.42 Å². The number of aryl methyl sites for hydroxylation is 1. The molecule has 58 valence electrons. The normalized spacial score (nSPS) is 8.30. The van der Waals surface area contributed by atoms with E-state index in [9.17, 15) is 0 Å². The van der Waals surface area contributed by atoms with Crippen LogP contribution in [0.1, 0.15) is 32.2 Å². The van der Waals surface area contributed by atoms with Gasteiger partial charge in [-0.3, -0.25) is 0 Å². The topological polar surface area (TPSA) is 12.9 Å². The highest BCUT2D eigenvalue weighted by Gasteiger charge is 1.88. The zero-order chi connectivity index (χ0) is 7.82. The number of hydrogen-bond acceptors (Lipinski definition) is 2. The van der Waals surface area contributed by atoms with Crippen LogP contribution in [0, 0.1) is 0 Å². The average molecular weight is 157 g/mol. The first-order valence-electron chi connectivity index (χ1n) is 3.82. The molecule has 0 aromatic carbocycles. The summed E-state index contributed by atoms with van der Waals surface area (Å²) < 4.78 is 0. The molecular formula is C8H15NS. The monoisotopic (exact) mass is 157 g/mol. The van der Waals surface area contributed by atoms with Gasteiger partial charge in [0, 0.05) is 11.6 Å². The minimum atomic E-state index is 1.14. The van der Waals surface area contributed by atoms with E-state index in [1.807, 2.05) is 25.4 Å². The van der Waals surface area contributed by atoms with E-state index in [0.29, 0.717) is 0 Å². The second-order valence-corrected chi connectivity index (χ2v) is 2.65. The van der Waals surface area contributed by atoms with Crippen LogP contribution in [0.5, 0.6) is 0 Å². The number of hydrogen-bond donors (Lipinski definition) is 0. The summed E-state index contributed by atoms with van der Waals surface area (Å²) >= 11 is 1.74. The lowest BCUT2D eigenvalue weighted by atomic mass is 10.4. The zero-order valence-electron chi connectivity index (χ0n) is 6.92.